The molecule has 0 fully saturated rings. The van der Waals surface area contributed by atoms with Gasteiger partial charge in [0.05, 0.1) is 13.7 Å². The molecule has 154 valence electrons. The van der Waals surface area contributed by atoms with Crippen molar-refractivity contribution < 1.29 is 32.2 Å². The SMILES string of the molecule is CCOC(=O)[C@@]1(C(F)(F)F)N=C(c2ccc(OC)cc2)OC(N(CC)CC)=N1. The Morgan fingerprint density at radius 3 is 2.21 bits per heavy atom. The molecule has 0 spiro atoms. The molecule has 0 saturated carbocycles. The van der Waals surface area contributed by atoms with E-state index in [-0.39, 0.29) is 24.1 Å². The van der Waals surface area contributed by atoms with Gasteiger partial charge in [0.15, 0.2) is 0 Å². The van der Waals surface area contributed by atoms with E-state index in [1.165, 1.54) is 31.1 Å². The first-order valence-electron chi connectivity index (χ1n) is 8.73. The summed E-state index contributed by atoms with van der Waals surface area (Å²) in [6.45, 7) is 5.26. The number of nitrogens with zero attached hydrogens (tertiary/aromatic N) is 3. The van der Waals surface area contributed by atoms with Crippen molar-refractivity contribution in [2.24, 2.45) is 9.98 Å². The highest BCUT2D eigenvalue weighted by Gasteiger charge is 2.65. The summed E-state index contributed by atoms with van der Waals surface area (Å²) in [4.78, 5) is 20.9. The Morgan fingerprint density at radius 2 is 1.75 bits per heavy atom. The van der Waals surface area contributed by atoms with E-state index in [1.807, 2.05) is 0 Å². The Bertz CT molecular complexity index is 758. The molecule has 2 rings (SSSR count). The number of ether oxygens (including phenoxy) is 3. The molecule has 0 aliphatic carbocycles. The second-order valence-electron chi connectivity index (χ2n) is 5.70. The number of amidine groups is 1. The van der Waals surface area contributed by atoms with Crippen molar-refractivity contribution in [1.29, 1.82) is 0 Å². The highest BCUT2D eigenvalue weighted by atomic mass is 19.4. The van der Waals surface area contributed by atoms with E-state index < -0.39 is 17.8 Å². The third kappa shape index (κ3) is 4.05. The van der Waals surface area contributed by atoms with Crippen molar-refractivity contribution in [3.05, 3.63) is 29.8 Å². The van der Waals surface area contributed by atoms with Crippen LogP contribution in [0.25, 0.3) is 0 Å². The van der Waals surface area contributed by atoms with E-state index in [0.29, 0.717) is 18.8 Å². The van der Waals surface area contributed by atoms with Crippen molar-refractivity contribution in [3.8, 4) is 5.75 Å². The Labute approximate surface area is 160 Å². The number of benzene rings is 1. The molecule has 10 heteroatoms. The predicted molar refractivity (Wildman–Crippen MR) is 96.4 cm³/mol. The zero-order chi connectivity index (χ0) is 20.9. The molecule has 0 aromatic heterocycles. The molecule has 0 amide bonds. The number of aliphatic imine (C=N–C) groups is 2. The maximum atomic E-state index is 14.0. The second kappa shape index (κ2) is 8.49. The fraction of sp³-hybridized carbons (Fsp3) is 0.500. The van der Waals surface area contributed by atoms with Gasteiger partial charge in [-0.25, -0.2) is 4.79 Å². The summed E-state index contributed by atoms with van der Waals surface area (Å²) in [7, 11) is 1.46. The first kappa shape index (κ1) is 21.5. The maximum absolute atomic E-state index is 14.0. The maximum Gasteiger partial charge on any atom is 0.446 e. The van der Waals surface area contributed by atoms with Gasteiger partial charge in [-0.2, -0.15) is 23.2 Å². The third-order valence-corrected chi connectivity index (χ3v) is 4.04. The van der Waals surface area contributed by atoms with Crippen molar-refractivity contribution >= 4 is 17.9 Å². The number of carbonyl (C=O) groups is 1. The van der Waals surface area contributed by atoms with E-state index in [4.69, 9.17) is 9.47 Å². The standard InChI is InChI=1S/C18H22F3N3O4/c1-5-24(6-2)16-23-17(18(19,20)21,15(25)27-7-3)22-14(28-16)12-8-10-13(26-4)11-9-12/h8-11H,5-7H2,1-4H3/t17-/m1/s1. The van der Waals surface area contributed by atoms with Crippen LogP contribution in [-0.4, -0.2) is 61.4 Å². The molecule has 0 unspecified atom stereocenters. The van der Waals surface area contributed by atoms with Gasteiger partial charge in [0.2, 0.25) is 5.90 Å². The molecule has 0 saturated heterocycles. The van der Waals surface area contributed by atoms with Crippen molar-refractivity contribution in [1.82, 2.24) is 4.90 Å². The van der Waals surface area contributed by atoms with E-state index in [1.54, 1.807) is 26.0 Å². The number of hydrogen-bond donors (Lipinski definition) is 0. The molecule has 0 bridgehead atoms. The summed E-state index contributed by atoms with van der Waals surface area (Å²) in [5.41, 5.74) is -3.20. The minimum Gasteiger partial charge on any atom is -0.497 e. The van der Waals surface area contributed by atoms with Gasteiger partial charge in [0.25, 0.3) is 6.02 Å². The van der Waals surface area contributed by atoms with E-state index >= 15 is 0 Å². The normalized spacial score (nSPS) is 19.2. The second-order valence-corrected chi connectivity index (χ2v) is 5.70. The Kier molecular flexibility index (Phi) is 6.52. The molecule has 7 nitrogen and oxygen atoms in total. The fourth-order valence-electron chi connectivity index (χ4n) is 2.49. The Balaban J connectivity index is 2.66. The van der Waals surface area contributed by atoms with Gasteiger partial charge in [0.1, 0.15) is 5.75 Å². The molecular weight excluding hydrogens is 379 g/mol. The lowest BCUT2D eigenvalue weighted by Gasteiger charge is -2.33. The smallest absolute Gasteiger partial charge is 0.446 e. The van der Waals surface area contributed by atoms with Crippen LogP contribution in [0, 0.1) is 0 Å². The van der Waals surface area contributed by atoms with Gasteiger partial charge in [0, 0.05) is 18.7 Å². The summed E-state index contributed by atoms with van der Waals surface area (Å²) in [5, 5.41) is 0. The quantitative estimate of drug-likeness (QED) is 0.686. The van der Waals surface area contributed by atoms with Crippen molar-refractivity contribution in [2.75, 3.05) is 26.8 Å². The number of hydrogen-bond acceptors (Lipinski definition) is 7. The average molecular weight is 401 g/mol. The molecule has 1 aromatic rings. The number of carbonyl (C=O) groups excluding carboxylic acids is 1. The highest BCUT2D eigenvalue weighted by molar-refractivity contribution is 6.05. The van der Waals surface area contributed by atoms with Crippen LogP contribution in [-0.2, 0) is 14.3 Å². The van der Waals surface area contributed by atoms with Gasteiger partial charge in [-0.05, 0) is 45.0 Å². The highest BCUT2D eigenvalue weighted by Crippen LogP contribution is 2.39. The monoisotopic (exact) mass is 401 g/mol. The summed E-state index contributed by atoms with van der Waals surface area (Å²) < 4.78 is 57.3. The summed E-state index contributed by atoms with van der Waals surface area (Å²) in [6.07, 6.45) is -5.13. The van der Waals surface area contributed by atoms with E-state index in [2.05, 4.69) is 14.7 Å². The number of methoxy groups -OCH3 is 1. The number of rotatable bonds is 6. The van der Waals surface area contributed by atoms with Crippen molar-refractivity contribution in [3.63, 3.8) is 0 Å². The zero-order valence-corrected chi connectivity index (χ0v) is 16.0. The molecule has 1 aliphatic rings. The topological polar surface area (TPSA) is 72.7 Å². The van der Waals surface area contributed by atoms with Crippen LogP contribution in [0.15, 0.2) is 34.3 Å². The van der Waals surface area contributed by atoms with Crippen LogP contribution in [0.1, 0.15) is 26.3 Å². The zero-order valence-electron chi connectivity index (χ0n) is 16.0. The Morgan fingerprint density at radius 1 is 1.14 bits per heavy atom. The summed E-state index contributed by atoms with van der Waals surface area (Å²) >= 11 is 0. The minimum atomic E-state index is -5.13. The lowest BCUT2D eigenvalue weighted by atomic mass is 10.1. The van der Waals surface area contributed by atoms with Gasteiger partial charge < -0.3 is 19.1 Å². The Hall–Kier alpha value is -2.78. The largest absolute Gasteiger partial charge is 0.497 e. The van der Waals surface area contributed by atoms with Crippen LogP contribution < -0.4 is 4.74 Å². The van der Waals surface area contributed by atoms with Crippen LogP contribution in [0.2, 0.25) is 0 Å². The predicted octanol–water partition coefficient (Wildman–Crippen LogP) is 2.99. The average Bonchev–Trinajstić information content (AvgIpc) is 2.68. The van der Waals surface area contributed by atoms with Gasteiger partial charge >= 0.3 is 17.8 Å². The van der Waals surface area contributed by atoms with Gasteiger partial charge in [-0.1, -0.05) is 0 Å². The van der Waals surface area contributed by atoms with Crippen molar-refractivity contribution in [2.45, 2.75) is 32.6 Å². The van der Waals surface area contributed by atoms with E-state index in [9.17, 15) is 18.0 Å². The molecule has 1 aromatic carbocycles. The van der Waals surface area contributed by atoms with E-state index in [0.717, 1.165) is 0 Å². The van der Waals surface area contributed by atoms with Gasteiger partial charge in [-0.15, -0.1) is 0 Å². The lowest BCUT2D eigenvalue weighted by Crippen LogP contribution is -2.55. The van der Waals surface area contributed by atoms with Crippen LogP contribution >= 0.6 is 0 Å². The molecule has 1 atom stereocenters. The molecule has 0 N–H and O–H groups in total. The fourth-order valence-corrected chi connectivity index (χ4v) is 2.49. The van der Waals surface area contributed by atoms with Crippen LogP contribution in [0.4, 0.5) is 13.2 Å². The summed E-state index contributed by atoms with van der Waals surface area (Å²) in [6, 6.07) is 5.70. The van der Waals surface area contributed by atoms with Gasteiger partial charge in [-0.3, -0.25) is 0 Å². The van der Waals surface area contributed by atoms with Crippen LogP contribution in [0.5, 0.6) is 5.75 Å². The first-order valence-corrected chi connectivity index (χ1v) is 8.73. The molecule has 28 heavy (non-hydrogen) atoms. The molecule has 1 heterocycles. The lowest BCUT2D eigenvalue weighted by molar-refractivity contribution is -0.204. The molecule has 0 radical (unpaired) electrons. The first-order chi connectivity index (χ1) is 13.2. The third-order valence-electron chi connectivity index (χ3n) is 4.04. The summed E-state index contributed by atoms with van der Waals surface area (Å²) in [5.74, 6) is -1.49. The molecular formula is C18H22F3N3O4. The molecule has 1 aliphatic heterocycles. The minimum absolute atomic E-state index is 0.235. The number of halogens is 3. The van der Waals surface area contributed by atoms with Crippen LogP contribution in [0.3, 0.4) is 0 Å². The number of esters is 1. The number of alkyl halides is 3.